The predicted molar refractivity (Wildman–Crippen MR) is 77.9 cm³/mol. The molecule has 106 valence electrons. The van der Waals surface area contributed by atoms with E-state index in [9.17, 15) is 4.79 Å². The van der Waals surface area contributed by atoms with Crippen LogP contribution in [0, 0.1) is 6.92 Å². The number of benzene rings is 1. The third-order valence-electron chi connectivity index (χ3n) is 2.95. The second kappa shape index (κ2) is 6.54. The second-order valence-corrected chi connectivity index (χ2v) is 4.56. The highest BCUT2D eigenvalue weighted by Gasteiger charge is 2.19. The van der Waals surface area contributed by atoms with Crippen LogP contribution >= 0.6 is 11.6 Å². The minimum atomic E-state index is -0.407. The number of anilines is 1. The van der Waals surface area contributed by atoms with Crippen molar-refractivity contribution in [2.45, 2.75) is 13.2 Å². The Bertz CT molecular complexity index is 584. The van der Waals surface area contributed by atoms with Crippen LogP contribution in [0.2, 0.25) is 0 Å². The molecule has 0 bridgehead atoms. The Labute approximate surface area is 122 Å². The van der Waals surface area contributed by atoms with E-state index in [1.54, 1.807) is 18.0 Å². The van der Waals surface area contributed by atoms with E-state index in [1.165, 1.54) is 0 Å². The summed E-state index contributed by atoms with van der Waals surface area (Å²) in [6.07, 6.45) is 3.08. The van der Waals surface area contributed by atoms with Crippen LogP contribution in [-0.4, -0.2) is 28.7 Å². The van der Waals surface area contributed by atoms with E-state index < -0.39 is 6.23 Å². The van der Waals surface area contributed by atoms with E-state index in [4.69, 9.17) is 16.3 Å². The zero-order chi connectivity index (χ0) is 14.5. The van der Waals surface area contributed by atoms with Gasteiger partial charge in [0.25, 0.3) is 0 Å². The summed E-state index contributed by atoms with van der Waals surface area (Å²) in [5.74, 6) is -0.342. The van der Waals surface area contributed by atoms with Gasteiger partial charge in [0.2, 0.25) is 5.91 Å². The standard InChI is InChI=1S/C14H16ClN3O2/c1-10-5-3-6-11(13(10)17-12(19)9-15)14(20-2)18-8-4-7-16-18/h3-8,14H,9H2,1-2H3,(H,17,19). The monoisotopic (exact) mass is 293 g/mol. The van der Waals surface area contributed by atoms with Gasteiger partial charge in [0.1, 0.15) is 5.88 Å². The summed E-state index contributed by atoms with van der Waals surface area (Å²) in [4.78, 5) is 11.6. The zero-order valence-electron chi connectivity index (χ0n) is 11.3. The van der Waals surface area contributed by atoms with Crippen LogP contribution in [0.4, 0.5) is 5.69 Å². The molecule has 1 heterocycles. The van der Waals surface area contributed by atoms with Crippen molar-refractivity contribution in [2.75, 3.05) is 18.3 Å². The third-order valence-corrected chi connectivity index (χ3v) is 3.19. The Balaban J connectivity index is 2.44. The number of nitrogens with one attached hydrogen (secondary N) is 1. The highest BCUT2D eigenvalue weighted by atomic mass is 35.5. The van der Waals surface area contributed by atoms with E-state index in [2.05, 4.69) is 10.4 Å². The molecule has 0 fully saturated rings. The molecule has 1 amide bonds. The summed E-state index contributed by atoms with van der Waals surface area (Å²) in [6, 6.07) is 7.55. The summed E-state index contributed by atoms with van der Waals surface area (Å²) in [5.41, 5.74) is 2.48. The topological polar surface area (TPSA) is 56.1 Å². The van der Waals surface area contributed by atoms with E-state index >= 15 is 0 Å². The number of aryl methyl sites for hydroxylation is 1. The van der Waals surface area contributed by atoms with Crippen molar-refractivity contribution >= 4 is 23.2 Å². The Kier molecular flexibility index (Phi) is 4.76. The second-order valence-electron chi connectivity index (χ2n) is 4.30. The Morgan fingerprint density at radius 3 is 2.90 bits per heavy atom. The number of alkyl halides is 1. The normalized spacial score (nSPS) is 12.2. The fraction of sp³-hybridized carbons (Fsp3) is 0.286. The van der Waals surface area contributed by atoms with Crippen LogP contribution in [0.25, 0.3) is 0 Å². The van der Waals surface area contributed by atoms with Crippen molar-refractivity contribution in [3.8, 4) is 0 Å². The molecule has 6 heteroatoms. The fourth-order valence-corrected chi connectivity index (χ4v) is 2.10. The van der Waals surface area contributed by atoms with Crippen LogP contribution in [0.3, 0.4) is 0 Å². The molecule has 1 atom stereocenters. The molecule has 1 unspecified atom stereocenters. The molecule has 0 saturated carbocycles. The lowest BCUT2D eigenvalue weighted by Gasteiger charge is -2.21. The van der Waals surface area contributed by atoms with Crippen molar-refractivity contribution in [3.05, 3.63) is 47.8 Å². The molecule has 1 aromatic heterocycles. The average Bonchev–Trinajstić information content (AvgIpc) is 2.97. The number of nitrogens with zero attached hydrogens (tertiary/aromatic N) is 2. The van der Waals surface area contributed by atoms with Gasteiger partial charge in [-0.25, -0.2) is 4.68 Å². The number of ether oxygens (including phenoxy) is 1. The molecule has 0 saturated heterocycles. The maximum Gasteiger partial charge on any atom is 0.239 e. The molecule has 2 aromatic rings. The van der Waals surface area contributed by atoms with Gasteiger partial charge >= 0.3 is 0 Å². The highest BCUT2D eigenvalue weighted by molar-refractivity contribution is 6.29. The third kappa shape index (κ3) is 3.00. The first-order valence-electron chi connectivity index (χ1n) is 6.14. The summed E-state index contributed by atoms with van der Waals surface area (Å²) in [6.45, 7) is 1.92. The molecular weight excluding hydrogens is 278 g/mol. The molecule has 0 spiro atoms. The number of halogens is 1. The maximum absolute atomic E-state index is 11.6. The maximum atomic E-state index is 11.6. The number of carbonyl (C=O) groups excluding carboxylic acids is 1. The lowest BCUT2D eigenvalue weighted by atomic mass is 10.1. The molecule has 1 aromatic carbocycles. The molecule has 2 rings (SSSR count). The number of para-hydroxylation sites is 1. The summed E-state index contributed by atoms with van der Waals surface area (Å²) in [5, 5.41) is 7.00. The fourth-order valence-electron chi connectivity index (χ4n) is 2.04. The Morgan fingerprint density at radius 1 is 1.50 bits per heavy atom. The van der Waals surface area contributed by atoms with E-state index in [0.29, 0.717) is 5.69 Å². The molecule has 0 radical (unpaired) electrons. The number of amides is 1. The summed E-state index contributed by atoms with van der Waals surface area (Å²) < 4.78 is 7.19. The molecular formula is C14H16ClN3O2. The quantitative estimate of drug-likeness (QED) is 0.862. The van der Waals surface area contributed by atoms with Crippen LogP contribution in [0.1, 0.15) is 17.4 Å². The number of hydrogen-bond donors (Lipinski definition) is 1. The van der Waals surface area contributed by atoms with E-state index in [1.807, 2.05) is 37.4 Å². The zero-order valence-corrected chi connectivity index (χ0v) is 12.1. The molecule has 0 aliphatic rings. The number of aromatic nitrogens is 2. The minimum Gasteiger partial charge on any atom is -0.355 e. The molecule has 5 nitrogen and oxygen atoms in total. The van der Waals surface area contributed by atoms with Crippen molar-refractivity contribution in [1.29, 1.82) is 0 Å². The number of rotatable bonds is 5. The van der Waals surface area contributed by atoms with Crippen LogP contribution < -0.4 is 5.32 Å². The van der Waals surface area contributed by atoms with Gasteiger partial charge in [-0.05, 0) is 18.6 Å². The number of carbonyl (C=O) groups is 1. The van der Waals surface area contributed by atoms with Crippen molar-refractivity contribution in [1.82, 2.24) is 9.78 Å². The van der Waals surface area contributed by atoms with Crippen LogP contribution in [-0.2, 0) is 9.53 Å². The van der Waals surface area contributed by atoms with Gasteiger partial charge in [0, 0.05) is 25.1 Å². The van der Waals surface area contributed by atoms with Gasteiger partial charge in [0.05, 0.1) is 5.69 Å². The molecule has 1 N–H and O–H groups in total. The predicted octanol–water partition coefficient (Wildman–Crippen LogP) is 2.56. The number of methoxy groups -OCH3 is 1. The first-order chi connectivity index (χ1) is 9.67. The van der Waals surface area contributed by atoms with Gasteiger partial charge in [-0.3, -0.25) is 4.79 Å². The first kappa shape index (κ1) is 14.6. The van der Waals surface area contributed by atoms with Crippen LogP contribution in [0.5, 0.6) is 0 Å². The Hall–Kier alpha value is -1.85. The SMILES string of the molecule is COC(c1cccc(C)c1NC(=O)CCl)n1cccn1. The highest BCUT2D eigenvalue weighted by Crippen LogP contribution is 2.29. The largest absolute Gasteiger partial charge is 0.355 e. The smallest absolute Gasteiger partial charge is 0.239 e. The lowest BCUT2D eigenvalue weighted by molar-refractivity contribution is -0.113. The lowest BCUT2D eigenvalue weighted by Crippen LogP contribution is -2.19. The summed E-state index contributed by atoms with van der Waals surface area (Å²) in [7, 11) is 1.60. The first-order valence-corrected chi connectivity index (χ1v) is 6.68. The van der Waals surface area contributed by atoms with E-state index in [0.717, 1.165) is 11.1 Å². The van der Waals surface area contributed by atoms with Crippen LogP contribution in [0.15, 0.2) is 36.7 Å². The Morgan fingerprint density at radius 2 is 2.30 bits per heavy atom. The van der Waals surface area contributed by atoms with Gasteiger partial charge < -0.3 is 10.1 Å². The van der Waals surface area contributed by atoms with Gasteiger partial charge in [-0.1, -0.05) is 18.2 Å². The van der Waals surface area contributed by atoms with Crippen molar-refractivity contribution < 1.29 is 9.53 Å². The number of hydrogen-bond acceptors (Lipinski definition) is 3. The van der Waals surface area contributed by atoms with E-state index in [-0.39, 0.29) is 11.8 Å². The molecule has 0 aliphatic carbocycles. The molecule has 0 aliphatic heterocycles. The van der Waals surface area contributed by atoms with Crippen molar-refractivity contribution in [2.24, 2.45) is 0 Å². The molecule has 20 heavy (non-hydrogen) atoms. The van der Waals surface area contributed by atoms with Gasteiger partial charge in [0.15, 0.2) is 6.23 Å². The minimum absolute atomic E-state index is 0.0901. The van der Waals surface area contributed by atoms with Gasteiger partial charge in [-0.2, -0.15) is 5.10 Å². The average molecular weight is 294 g/mol. The van der Waals surface area contributed by atoms with Crippen molar-refractivity contribution in [3.63, 3.8) is 0 Å². The summed E-state index contributed by atoms with van der Waals surface area (Å²) >= 11 is 5.56. The van der Waals surface area contributed by atoms with Gasteiger partial charge in [-0.15, -0.1) is 11.6 Å².